The Morgan fingerprint density at radius 3 is 2.61 bits per heavy atom. The second kappa shape index (κ2) is 10.8. The Labute approximate surface area is 210 Å². The van der Waals surface area contributed by atoms with Crippen molar-refractivity contribution < 1.29 is 18.3 Å². The third-order valence-electron chi connectivity index (χ3n) is 6.86. The molecule has 0 radical (unpaired) electrons. The van der Waals surface area contributed by atoms with Gasteiger partial charge in [-0.05, 0) is 81.6 Å². The summed E-state index contributed by atoms with van der Waals surface area (Å²) in [6, 6.07) is 8.78. The summed E-state index contributed by atoms with van der Waals surface area (Å²) < 4.78 is 41.3. The van der Waals surface area contributed by atoms with Crippen LogP contribution in [0.15, 0.2) is 42.7 Å². The topological polar surface area (TPSA) is 59.5 Å². The summed E-state index contributed by atoms with van der Waals surface area (Å²) in [4.78, 5) is 10.8. The Morgan fingerprint density at radius 2 is 1.86 bits per heavy atom. The molecule has 190 valence electrons. The molecular formula is C28H32F2N4O2. The molecule has 2 aliphatic rings. The number of hydrogen-bond acceptors (Lipinski definition) is 6. The molecule has 1 aromatic carbocycles. The van der Waals surface area contributed by atoms with E-state index in [0.29, 0.717) is 54.6 Å². The molecule has 5 rings (SSSR count). The van der Waals surface area contributed by atoms with Crippen molar-refractivity contribution in [3.8, 4) is 22.6 Å². The van der Waals surface area contributed by atoms with E-state index >= 15 is 0 Å². The molecule has 1 N–H and O–H groups in total. The molecule has 0 spiro atoms. The lowest BCUT2D eigenvalue weighted by Gasteiger charge is -2.35. The largest absolute Gasteiger partial charge is 0.492 e. The van der Waals surface area contributed by atoms with E-state index in [0.717, 1.165) is 37.4 Å². The Kier molecular flexibility index (Phi) is 7.32. The van der Waals surface area contributed by atoms with Gasteiger partial charge in [0, 0.05) is 29.4 Å². The molecule has 6 nitrogen and oxygen atoms in total. The first-order valence-electron chi connectivity index (χ1n) is 12.6. The van der Waals surface area contributed by atoms with Crippen LogP contribution >= 0.6 is 0 Å². The quantitative estimate of drug-likeness (QED) is 0.499. The number of nitrogens with zero attached hydrogens (tertiary/aromatic N) is 3. The van der Waals surface area contributed by atoms with Crippen LogP contribution in [0, 0.1) is 17.6 Å². The molecule has 0 unspecified atom stereocenters. The predicted molar refractivity (Wildman–Crippen MR) is 136 cm³/mol. The monoisotopic (exact) mass is 494 g/mol. The number of hydrogen-bond donors (Lipinski definition) is 1. The summed E-state index contributed by atoms with van der Waals surface area (Å²) in [6.07, 6.45) is 5.59. The van der Waals surface area contributed by atoms with Crippen molar-refractivity contribution in [1.82, 2.24) is 15.3 Å². The second-order valence-electron chi connectivity index (χ2n) is 9.76. The van der Waals surface area contributed by atoms with Gasteiger partial charge in [-0.25, -0.2) is 8.78 Å². The number of rotatable bonds is 7. The van der Waals surface area contributed by atoms with E-state index in [9.17, 15) is 8.78 Å². The fourth-order valence-corrected chi connectivity index (χ4v) is 4.84. The molecule has 0 aliphatic carbocycles. The summed E-state index contributed by atoms with van der Waals surface area (Å²) in [5.41, 5.74) is 2.85. The minimum Gasteiger partial charge on any atom is -0.492 e. The van der Waals surface area contributed by atoms with E-state index in [-0.39, 0.29) is 11.8 Å². The lowest BCUT2D eigenvalue weighted by molar-refractivity contribution is 0.214. The Balaban J connectivity index is 1.32. The van der Waals surface area contributed by atoms with Crippen molar-refractivity contribution >= 4 is 5.69 Å². The highest BCUT2D eigenvalue weighted by molar-refractivity contribution is 5.74. The van der Waals surface area contributed by atoms with Gasteiger partial charge >= 0.3 is 0 Å². The lowest BCUT2D eigenvalue weighted by atomic mass is 9.99. The minimum absolute atomic E-state index is 0.165. The summed E-state index contributed by atoms with van der Waals surface area (Å²) in [7, 11) is 0. The van der Waals surface area contributed by atoms with Crippen molar-refractivity contribution in [3.05, 3.63) is 65.7 Å². The molecule has 0 saturated carbocycles. The van der Waals surface area contributed by atoms with Crippen LogP contribution in [0.4, 0.5) is 14.5 Å². The molecule has 4 heterocycles. The first kappa shape index (κ1) is 24.4. The Bertz CT molecular complexity index is 1200. The first-order chi connectivity index (χ1) is 17.5. The number of benzene rings is 1. The van der Waals surface area contributed by atoms with Crippen LogP contribution in [0.2, 0.25) is 0 Å². The molecule has 0 amide bonds. The molecule has 36 heavy (non-hydrogen) atoms. The van der Waals surface area contributed by atoms with Crippen LogP contribution in [0.25, 0.3) is 11.1 Å². The molecule has 0 bridgehead atoms. The SMILES string of the molecule is CC(C)N1CCOc2c(F)cc(-c3cc(Cc4ccc(OCC5CCNCC5)cn4)ncc3F)cc21. The Hall–Kier alpha value is -3.26. The number of pyridine rings is 2. The molecule has 8 heteroatoms. The number of halogens is 2. The van der Waals surface area contributed by atoms with E-state index in [1.54, 1.807) is 18.3 Å². The number of nitrogens with one attached hydrogen (secondary N) is 1. The summed E-state index contributed by atoms with van der Waals surface area (Å²) in [5, 5.41) is 3.36. The zero-order valence-electron chi connectivity index (χ0n) is 20.8. The summed E-state index contributed by atoms with van der Waals surface area (Å²) in [6.45, 7) is 7.94. The van der Waals surface area contributed by atoms with E-state index in [1.165, 1.54) is 12.3 Å². The number of fused-ring (bicyclic) bond motifs is 1. The normalized spacial score (nSPS) is 16.1. The maximum Gasteiger partial charge on any atom is 0.178 e. The van der Waals surface area contributed by atoms with Crippen molar-refractivity contribution in [2.24, 2.45) is 5.92 Å². The maximum atomic E-state index is 14.9. The summed E-state index contributed by atoms with van der Waals surface area (Å²) >= 11 is 0. The molecule has 1 fully saturated rings. The van der Waals surface area contributed by atoms with Crippen molar-refractivity contribution in [1.29, 1.82) is 0 Å². The molecule has 3 aromatic rings. The van der Waals surface area contributed by atoms with Crippen LogP contribution in [0.5, 0.6) is 11.5 Å². The molecule has 2 aliphatic heterocycles. The van der Waals surface area contributed by atoms with Crippen LogP contribution in [0.1, 0.15) is 38.1 Å². The average Bonchev–Trinajstić information content (AvgIpc) is 2.89. The van der Waals surface area contributed by atoms with Crippen LogP contribution in [0.3, 0.4) is 0 Å². The standard InChI is InChI=1S/C28H32F2N4O2/c1-18(2)34-9-10-35-28-25(29)11-20(12-27(28)34)24-14-22(33-16-26(24)30)13-21-3-4-23(15-32-21)36-17-19-5-7-31-8-6-19/h3-4,11-12,14-16,18-19,31H,5-10,13,17H2,1-2H3. The fraction of sp³-hybridized carbons (Fsp3) is 0.429. The summed E-state index contributed by atoms with van der Waals surface area (Å²) in [5.74, 6) is 0.542. The third-order valence-corrected chi connectivity index (χ3v) is 6.86. The second-order valence-corrected chi connectivity index (χ2v) is 9.76. The first-order valence-corrected chi connectivity index (χ1v) is 12.6. The van der Waals surface area contributed by atoms with Gasteiger partial charge in [0.1, 0.15) is 18.2 Å². The van der Waals surface area contributed by atoms with Crippen molar-refractivity contribution in [2.45, 2.75) is 39.2 Å². The average molecular weight is 495 g/mol. The van der Waals surface area contributed by atoms with Crippen LogP contribution in [-0.4, -0.2) is 48.9 Å². The van der Waals surface area contributed by atoms with E-state index in [2.05, 4.69) is 20.2 Å². The maximum absolute atomic E-state index is 14.9. The van der Waals surface area contributed by atoms with Crippen molar-refractivity contribution in [3.63, 3.8) is 0 Å². The van der Waals surface area contributed by atoms with Gasteiger partial charge in [0.05, 0.1) is 31.2 Å². The lowest BCUT2D eigenvalue weighted by Crippen LogP contribution is -2.38. The molecular weight excluding hydrogens is 462 g/mol. The van der Waals surface area contributed by atoms with Gasteiger partial charge in [0.15, 0.2) is 11.6 Å². The number of ether oxygens (including phenoxy) is 2. The highest BCUT2D eigenvalue weighted by Crippen LogP contribution is 2.39. The molecule has 0 atom stereocenters. The van der Waals surface area contributed by atoms with E-state index < -0.39 is 11.6 Å². The third kappa shape index (κ3) is 5.43. The highest BCUT2D eigenvalue weighted by Gasteiger charge is 2.25. The van der Waals surface area contributed by atoms with Crippen molar-refractivity contribution in [2.75, 3.05) is 37.7 Å². The van der Waals surface area contributed by atoms with Gasteiger partial charge in [-0.2, -0.15) is 0 Å². The minimum atomic E-state index is -0.499. The number of aromatic nitrogens is 2. The van der Waals surface area contributed by atoms with E-state index in [4.69, 9.17) is 9.47 Å². The fourth-order valence-electron chi connectivity index (χ4n) is 4.84. The van der Waals surface area contributed by atoms with Gasteiger partial charge in [-0.15, -0.1) is 0 Å². The predicted octanol–water partition coefficient (Wildman–Crippen LogP) is 5.00. The molecule has 2 aromatic heterocycles. The van der Waals surface area contributed by atoms with E-state index in [1.807, 2.05) is 26.0 Å². The molecule has 1 saturated heterocycles. The smallest absolute Gasteiger partial charge is 0.178 e. The number of piperidine rings is 1. The van der Waals surface area contributed by atoms with Crippen LogP contribution < -0.4 is 19.7 Å². The van der Waals surface area contributed by atoms with Gasteiger partial charge in [-0.3, -0.25) is 9.97 Å². The van der Waals surface area contributed by atoms with Gasteiger partial charge in [0.25, 0.3) is 0 Å². The Morgan fingerprint density at radius 1 is 1.06 bits per heavy atom. The number of anilines is 1. The zero-order chi connectivity index (χ0) is 25.1. The highest BCUT2D eigenvalue weighted by atomic mass is 19.1. The van der Waals surface area contributed by atoms with Gasteiger partial charge in [0.2, 0.25) is 0 Å². The van der Waals surface area contributed by atoms with Gasteiger partial charge in [-0.1, -0.05) is 0 Å². The van der Waals surface area contributed by atoms with Gasteiger partial charge < -0.3 is 19.7 Å². The van der Waals surface area contributed by atoms with Crippen LogP contribution in [-0.2, 0) is 6.42 Å². The zero-order valence-corrected chi connectivity index (χ0v) is 20.8.